The number of guanidine groups is 2. The Hall–Kier alpha value is -1.98. The highest BCUT2D eigenvalue weighted by molar-refractivity contribution is 6.00. The molecule has 13 heavy (non-hydrogen) atoms. The van der Waals surface area contributed by atoms with Gasteiger partial charge in [0.05, 0.1) is 0 Å². The van der Waals surface area contributed by atoms with Crippen LogP contribution in [0.5, 0.6) is 0 Å². The van der Waals surface area contributed by atoms with Crippen molar-refractivity contribution in [3.63, 3.8) is 0 Å². The Morgan fingerprint density at radius 3 is 2.77 bits per heavy atom. The number of anilines is 1. The van der Waals surface area contributed by atoms with Crippen LogP contribution in [0.2, 0.25) is 0 Å². The third kappa shape index (κ3) is 2.22. The fraction of sp³-hybridized carbons (Fsp3) is 0.143. The van der Waals surface area contributed by atoms with E-state index in [2.05, 4.69) is 9.98 Å². The van der Waals surface area contributed by atoms with Crippen molar-refractivity contribution in [3.05, 3.63) is 18.3 Å². The second-order valence-corrected chi connectivity index (χ2v) is 2.47. The number of H-pyrrole nitrogens is 1. The molecule has 0 unspecified atom stereocenters. The number of rotatable bonds is 1. The summed E-state index contributed by atoms with van der Waals surface area (Å²) in [6.45, 7) is 0. The highest BCUT2D eigenvalue weighted by Gasteiger charge is 2.05. The Morgan fingerprint density at radius 2 is 2.31 bits per heavy atom. The van der Waals surface area contributed by atoms with Gasteiger partial charge in [-0.3, -0.25) is 5.41 Å². The van der Waals surface area contributed by atoms with Crippen LogP contribution in [0.3, 0.4) is 0 Å². The van der Waals surface area contributed by atoms with Crippen molar-refractivity contribution >= 4 is 17.7 Å². The quantitative estimate of drug-likeness (QED) is 0.350. The topological polar surface area (TPSA) is 107 Å². The van der Waals surface area contributed by atoms with E-state index in [1.165, 1.54) is 4.90 Å². The fourth-order valence-corrected chi connectivity index (χ4v) is 0.841. The van der Waals surface area contributed by atoms with Crippen molar-refractivity contribution in [1.29, 1.82) is 5.41 Å². The molecular formula is C7H12N6. The van der Waals surface area contributed by atoms with E-state index in [-0.39, 0.29) is 11.9 Å². The smallest absolute Gasteiger partial charge is 0.226 e. The second-order valence-electron chi connectivity index (χ2n) is 2.47. The maximum Gasteiger partial charge on any atom is 0.226 e. The van der Waals surface area contributed by atoms with Gasteiger partial charge in [-0.2, -0.15) is 4.99 Å². The Kier molecular flexibility index (Phi) is 2.53. The molecule has 0 atom stereocenters. The average Bonchev–Trinajstić information content (AvgIpc) is 2.53. The van der Waals surface area contributed by atoms with Crippen molar-refractivity contribution in [2.45, 2.75) is 0 Å². The number of nitrogens with two attached hydrogens (primary N) is 2. The first kappa shape index (κ1) is 9.11. The predicted octanol–water partition coefficient (Wildman–Crippen LogP) is -0.341. The molecule has 6 nitrogen and oxygen atoms in total. The molecule has 0 spiro atoms. The number of aliphatic imine (C=N–C) groups is 1. The standard InChI is InChI=1S/C7H12N6/c1-13(5-3-2-4-11-5)7(10)12-6(8)9/h2-4,11H,1H3,(H5,8,9,10,12). The van der Waals surface area contributed by atoms with E-state index < -0.39 is 0 Å². The van der Waals surface area contributed by atoms with E-state index in [0.717, 1.165) is 5.82 Å². The zero-order chi connectivity index (χ0) is 9.84. The van der Waals surface area contributed by atoms with Gasteiger partial charge in [0, 0.05) is 13.2 Å². The summed E-state index contributed by atoms with van der Waals surface area (Å²) in [6.07, 6.45) is 1.76. The van der Waals surface area contributed by atoms with Gasteiger partial charge >= 0.3 is 0 Å². The molecular weight excluding hydrogens is 168 g/mol. The Balaban J connectivity index is 2.74. The summed E-state index contributed by atoms with van der Waals surface area (Å²) < 4.78 is 0. The van der Waals surface area contributed by atoms with Crippen LogP contribution in [-0.2, 0) is 0 Å². The zero-order valence-electron chi connectivity index (χ0n) is 7.28. The molecule has 1 heterocycles. The lowest BCUT2D eigenvalue weighted by atomic mass is 10.5. The third-order valence-electron chi connectivity index (χ3n) is 1.50. The van der Waals surface area contributed by atoms with E-state index in [9.17, 15) is 0 Å². The summed E-state index contributed by atoms with van der Waals surface area (Å²) >= 11 is 0. The highest BCUT2D eigenvalue weighted by Crippen LogP contribution is 2.07. The van der Waals surface area contributed by atoms with Gasteiger partial charge in [0.15, 0.2) is 5.96 Å². The maximum absolute atomic E-state index is 7.46. The van der Waals surface area contributed by atoms with E-state index >= 15 is 0 Å². The molecule has 0 aliphatic rings. The van der Waals surface area contributed by atoms with E-state index in [1.54, 1.807) is 13.2 Å². The maximum atomic E-state index is 7.46. The fourth-order valence-electron chi connectivity index (χ4n) is 0.841. The van der Waals surface area contributed by atoms with E-state index in [4.69, 9.17) is 16.9 Å². The minimum atomic E-state index is -0.122. The number of aromatic amines is 1. The Bertz CT molecular complexity index is 308. The molecule has 1 rings (SSSR count). The molecule has 1 aromatic rings. The largest absolute Gasteiger partial charge is 0.370 e. The van der Waals surface area contributed by atoms with Gasteiger partial charge in [0.2, 0.25) is 5.96 Å². The van der Waals surface area contributed by atoms with Gasteiger partial charge in [-0.05, 0) is 12.1 Å². The summed E-state index contributed by atoms with van der Waals surface area (Å²) in [7, 11) is 1.70. The molecule has 0 aliphatic heterocycles. The molecule has 0 saturated heterocycles. The van der Waals surface area contributed by atoms with Gasteiger partial charge < -0.3 is 21.4 Å². The molecule has 0 radical (unpaired) electrons. The van der Waals surface area contributed by atoms with Crippen molar-refractivity contribution in [2.75, 3.05) is 11.9 Å². The summed E-state index contributed by atoms with van der Waals surface area (Å²) in [6, 6.07) is 3.64. The second kappa shape index (κ2) is 3.61. The van der Waals surface area contributed by atoms with Crippen LogP contribution in [0, 0.1) is 5.41 Å². The number of hydrogen-bond acceptors (Lipinski definition) is 1. The summed E-state index contributed by atoms with van der Waals surface area (Å²) in [5.41, 5.74) is 10.3. The van der Waals surface area contributed by atoms with Crippen molar-refractivity contribution in [3.8, 4) is 0 Å². The molecule has 1 aromatic heterocycles. The highest BCUT2D eigenvalue weighted by atomic mass is 15.3. The zero-order valence-corrected chi connectivity index (χ0v) is 7.28. The van der Waals surface area contributed by atoms with E-state index in [1.807, 2.05) is 12.1 Å². The summed E-state index contributed by atoms with van der Waals surface area (Å²) in [5, 5.41) is 7.46. The van der Waals surface area contributed by atoms with Gasteiger partial charge in [0.25, 0.3) is 0 Å². The van der Waals surface area contributed by atoms with Crippen LogP contribution < -0.4 is 16.4 Å². The Labute approximate surface area is 75.8 Å². The van der Waals surface area contributed by atoms with Crippen LogP contribution in [-0.4, -0.2) is 24.0 Å². The van der Waals surface area contributed by atoms with Crippen LogP contribution in [0.15, 0.2) is 23.3 Å². The molecule has 0 aliphatic carbocycles. The monoisotopic (exact) mass is 180 g/mol. The van der Waals surface area contributed by atoms with Gasteiger partial charge in [-0.25, -0.2) is 0 Å². The number of hydrogen-bond donors (Lipinski definition) is 4. The van der Waals surface area contributed by atoms with Gasteiger partial charge in [0.1, 0.15) is 5.82 Å². The lowest BCUT2D eigenvalue weighted by molar-refractivity contribution is 1.15. The number of aromatic nitrogens is 1. The molecule has 0 saturated carbocycles. The number of nitrogens with one attached hydrogen (secondary N) is 2. The normalized spacial score (nSPS) is 9.31. The Morgan fingerprint density at radius 1 is 1.62 bits per heavy atom. The lowest BCUT2D eigenvalue weighted by Crippen LogP contribution is -2.30. The summed E-state index contributed by atoms with van der Waals surface area (Å²) in [5.74, 6) is 0.626. The average molecular weight is 180 g/mol. The molecule has 0 amide bonds. The van der Waals surface area contributed by atoms with Crippen LogP contribution >= 0.6 is 0 Å². The molecule has 0 fully saturated rings. The first-order valence-corrected chi connectivity index (χ1v) is 3.66. The lowest BCUT2D eigenvalue weighted by Gasteiger charge is -2.14. The van der Waals surface area contributed by atoms with Crippen LogP contribution in [0.1, 0.15) is 0 Å². The molecule has 6 heteroatoms. The minimum Gasteiger partial charge on any atom is -0.370 e. The van der Waals surface area contributed by atoms with E-state index in [0.29, 0.717) is 0 Å². The molecule has 70 valence electrons. The van der Waals surface area contributed by atoms with Gasteiger partial charge in [-0.1, -0.05) is 0 Å². The van der Waals surface area contributed by atoms with Crippen molar-refractivity contribution in [1.82, 2.24) is 4.98 Å². The van der Waals surface area contributed by atoms with Crippen molar-refractivity contribution < 1.29 is 0 Å². The molecule has 0 aromatic carbocycles. The first-order chi connectivity index (χ1) is 6.11. The SMILES string of the molecule is CN(C(=N)N=C(N)N)c1ccc[nH]1. The number of nitrogens with zero attached hydrogens (tertiary/aromatic N) is 2. The molecule has 6 N–H and O–H groups in total. The van der Waals surface area contributed by atoms with Crippen LogP contribution in [0.25, 0.3) is 0 Å². The predicted molar refractivity (Wildman–Crippen MR) is 52.7 cm³/mol. The first-order valence-electron chi connectivity index (χ1n) is 3.66. The summed E-state index contributed by atoms with van der Waals surface area (Å²) in [4.78, 5) is 8.05. The molecule has 0 bridgehead atoms. The minimum absolute atomic E-state index is 0.0116. The van der Waals surface area contributed by atoms with Crippen LogP contribution in [0.4, 0.5) is 5.82 Å². The van der Waals surface area contributed by atoms with Gasteiger partial charge in [-0.15, -0.1) is 0 Å². The third-order valence-corrected chi connectivity index (χ3v) is 1.50. The van der Waals surface area contributed by atoms with Crippen molar-refractivity contribution in [2.24, 2.45) is 16.5 Å².